The van der Waals surface area contributed by atoms with Gasteiger partial charge in [0.1, 0.15) is 12.2 Å². The Balaban J connectivity index is 1.45. The number of hydrogen-bond donors (Lipinski definition) is 2. The number of carboxylic acids is 2. The Morgan fingerprint density at radius 3 is 1.48 bits per heavy atom. The molecule has 4 unspecified atom stereocenters. The molecule has 1 fully saturated rings. The third-order valence-corrected chi connectivity index (χ3v) is 14.2. The number of thioether (sulfide) groups is 6. The normalized spacial score (nSPS) is 17.8. The number of carbonyl (C=O) groups is 4. The molecule has 46 heavy (non-hydrogen) atoms. The fraction of sp³-hybridized carbons (Fsp3) is 0.375. The third-order valence-electron chi connectivity index (χ3n) is 5.86. The maximum absolute atomic E-state index is 12.2. The number of carboxylic acid groups (broad SMARTS) is 2. The monoisotopic (exact) mass is 740 g/mol. The maximum atomic E-state index is 12.2. The van der Waals surface area contributed by atoms with Gasteiger partial charge in [-0.1, -0.05) is 36.4 Å². The van der Waals surface area contributed by atoms with Crippen molar-refractivity contribution in [2.45, 2.75) is 32.5 Å². The van der Waals surface area contributed by atoms with Gasteiger partial charge in [0.15, 0.2) is 0 Å². The van der Waals surface area contributed by atoms with Gasteiger partial charge >= 0.3 is 23.9 Å². The Labute approximate surface area is 295 Å². The van der Waals surface area contributed by atoms with Crippen LogP contribution in [0.5, 0.6) is 0 Å². The van der Waals surface area contributed by atoms with E-state index in [4.69, 9.17) is 19.7 Å². The van der Waals surface area contributed by atoms with Crippen molar-refractivity contribution in [3.63, 3.8) is 0 Å². The molecule has 0 radical (unpaired) electrons. The van der Waals surface area contributed by atoms with Crippen LogP contribution in [0.3, 0.4) is 0 Å². The molecule has 0 amide bonds. The fourth-order valence-corrected chi connectivity index (χ4v) is 12.1. The number of esters is 2. The molecule has 0 aliphatic carbocycles. The molecule has 3 rings (SSSR count). The molecule has 1 aliphatic rings. The van der Waals surface area contributed by atoms with Gasteiger partial charge in [-0.3, -0.25) is 0 Å². The molecule has 14 heteroatoms. The van der Waals surface area contributed by atoms with E-state index in [2.05, 4.69) is 0 Å². The zero-order valence-corrected chi connectivity index (χ0v) is 29.7. The first-order chi connectivity index (χ1) is 22.3. The molecule has 0 aromatic heterocycles. The van der Waals surface area contributed by atoms with Gasteiger partial charge in [0.05, 0.1) is 0 Å². The largest absolute Gasteiger partial charge is 0.478 e. The minimum absolute atomic E-state index is 0.368. The topological polar surface area (TPSA) is 127 Å². The van der Waals surface area contributed by atoms with Crippen molar-refractivity contribution in [1.29, 1.82) is 0 Å². The van der Waals surface area contributed by atoms with Crippen molar-refractivity contribution in [1.82, 2.24) is 0 Å². The highest BCUT2D eigenvalue weighted by Crippen LogP contribution is 2.35. The van der Waals surface area contributed by atoms with Gasteiger partial charge in [0.25, 0.3) is 0 Å². The summed E-state index contributed by atoms with van der Waals surface area (Å²) in [6.45, 7) is 0. The minimum Gasteiger partial charge on any atom is -0.478 e. The van der Waals surface area contributed by atoms with E-state index in [0.29, 0.717) is 33.5 Å². The van der Waals surface area contributed by atoms with E-state index < -0.39 is 23.9 Å². The van der Waals surface area contributed by atoms with Gasteiger partial charge in [0, 0.05) is 90.6 Å². The van der Waals surface area contributed by atoms with Gasteiger partial charge in [-0.05, 0) is 24.3 Å². The summed E-state index contributed by atoms with van der Waals surface area (Å²) in [6.07, 6.45) is 2.73. The summed E-state index contributed by atoms with van der Waals surface area (Å²) in [5, 5.41) is 18.5. The summed E-state index contributed by atoms with van der Waals surface area (Å²) in [5.41, 5.74) is 0. The van der Waals surface area contributed by atoms with Gasteiger partial charge in [-0.25, -0.2) is 19.2 Å². The number of aliphatic carboxylic acids is 2. The standard InChI is InChI=1S/C32H36O8S6/c33-29(34)11-13-31(37)39-23(17-44-25-7-3-1-4-8-25)15-41-19-27-21-43-22-28(46-27)20-42-16-24(40-32(38)14-12-30(35)36)18-45-26-9-5-2-6-10-26/h1-14,23-24,27-28H,15-22H2,(H,33,34)(H,35,36)/b13-11-,14-12-. The smallest absolute Gasteiger partial charge is 0.331 e. The Hall–Kier alpha value is -2.10. The van der Waals surface area contributed by atoms with Crippen LogP contribution in [0.4, 0.5) is 0 Å². The van der Waals surface area contributed by atoms with E-state index in [1.807, 2.05) is 84.2 Å². The van der Waals surface area contributed by atoms with Crippen LogP contribution in [-0.2, 0) is 28.7 Å². The number of ether oxygens (including phenoxy) is 2. The van der Waals surface area contributed by atoms with E-state index in [1.54, 1.807) is 47.0 Å². The lowest BCUT2D eigenvalue weighted by Gasteiger charge is -2.29. The fourth-order valence-electron chi connectivity index (χ4n) is 3.85. The van der Waals surface area contributed by atoms with Gasteiger partial charge < -0.3 is 19.7 Å². The Morgan fingerprint density at radius 2 is 1.09 bits per heavy atom. The second kappa shape index (κ2) is 22.5. The molecule has 8 nitrogen and oxygen atoms in total. The van der Waals surface area contributed by atoms with Crippen LogP contribution in [0.15, 0.2) is 94.8 Å². The Morgan fingerprint density at radius 1 is 0.674 bits per heavy atom. The van der Waals surface area contributed by atoms with E-state index in [1.165, 1.54) is 0 Å². The third kappa shape index (κ3) is 17.2. The summed E-state index contributed by atoms with van der Waals surface area (Å²) >= 11 is 10.6. The van der Waals surface area contributed by atoms with Crippen LogP contribution in [0.2, 0.25) is 0 Å². The van der Waals surface area contributed by atoms with Crippen molar-refractivity contribution in [2.24, 2.45) is 0 Å². The molecule has 2 aromatic carbocycles. The minimum atomic E-state index is -1.20. The van der Waals surface area contributed by atoms with Crippen LogP contribution in [0.25, 0.3) is 0 Å². The van der Waals surface area contributed by atoms with Crippen LogP contribution in [0.1, 0.15) is 0 Å². The molecular formula is C32H36O8S6. The Bertz CT molecular complexity index is 1200. The van der Waals surface area contributed by atoms with Gasteiger partial charge in [0.2, 0.25) is 0 Å². The van der Waals surface area contributed by atoms with Gasteiger partial charge in [-0.2, -0.15) is 47.0 Å². The first-order valence-electron chi connectivity index (χ1n) is 14.2. The zero-order chi connectivity index (χ0) is 33.0. The lowest BCUT2D eigenvalue weighted by atomic mass is 10.4. The highest BCUT2D eigenvalue weighted by atomic mass is 32.2. The number of hydrogen-bond acceptors (Lipinski definition) is 12. The summed E-state index contributed by atoms with van der Waals surface area (Å²) < 4.78 is 11.2. The summed E-state index contributed by atoms with van der Waals surface area (Å²) in [6, 6.07) is 19.7. The van der Waals surface area contributed by atoms with E-state index in [-0.39, 0.29) is 12.2 Å². The van der Waals surface area contributed by atoms with E-state index >= 15 is 0 Å². The van der Waals surface area contributed by atoms with E-state index in [9.17, 15) is 19.2 Å². The lowest BCUT2D eigenvalue weighted by Crippen LogP contribution is -2.28. The van der Waals surface area contributed by atoms with Crippen molar-refractivity contribution in [3.8, 4) is 0 Å². The molecule has 1 aliphatic heterocycles. The summed E-state index contributed by atoms with van der Waals surface area (Å²) in [5.74, 6) is 2.50. The predicted molar refractivity (Wildman–Crippen MR) is 195 cm³/mol. The molecule has 1 heterocycles. The quantitative estimate of drug-likeness (QED) is 0.0888. The van der Waals surface area contributed by atoms with Crippen LogP contribution >= 0.6 is 70.6 Å². The zero-order valence-electron chi connectivity index (χ0n) is 24.8. The molecule has 4 atom stereocenters. The van der Waals surface area contributed by atoms with Crippen LogP contribution < -0.4 is 0 Å². The van der Waals surface area contributed by atoms with Crippen molar-refractivity contribution >= 4 is 94.4 Å². The summed E-state index contributed by atoms with van der Waals surface area (Å²) in [7, 11) is 0. The average Bonchev–Trinajstić information content (AvgIpc) is 3.05. The van der Waals surface area contributed by atoms with Crippen molar-refractivity contribution < 1.29 is 38.9 Å². The lowest BCUT2D eigenvalue weighted by molar-refractivity contribution is -0.142. The number of benzene rings is 2. The number of carbonyl (C=O) groups excluding carboxylic acids is 2. The van der Waals surface area contributed by atoms with Crippen LogP contribution in [0, 0.1) is 0 Å². The Kier molecular flexibility index (Phi) is 18.7. The molecular weight excluding hydrogens is 705 g/mol. The van der Waals surface area contributed by atoms with Crippen LogP contribution in [-0.4, -0.2) is 103 Å². The van der Waals surface area contributed by atoms with Gasteiger partial charge in [-0.15, -0.1) is 23.5 Å². The molecule has 0 spiro atoms. The predicted octanol–water partition coefficient (Wildman–Crippen LogP) is 6.36. The first-order valence-corrected chi connectivity index (χ1v) is 20.6. The average molecular weight is 741 g/mol. The molecule has 1 saturated heterocycles. The van der Waals surface area contributed by atoms with Crippen molar-refractivity contribution in [2.75, 3.05) is 46.0 Å². The molecule has 0 saturated carbocycles. The number of rotatable bonds is 20. The highest BCUT2D eigenvalue weighted by Gasteiger charge is 2.25. The van der Waals surface area contributed by atoms with E-state index in [0.717, 1.165) is 57.1 Å². The first kappa shape index (κ1) is 38.3. The second-order valence-electron chi connectivity index (χ2n) is 9.70. The van der Waals surface area contributed by atoms with Crippen molar-refractivity contribution in [3.05, 3.63) is 85.0 Å². The summed E-state index contributed by atoms with van der Waals surface area (Å²) in [4.78, 5) is 48.1. The molecule has 2 aromatic rings. The highest BCUT2D eigenvalue weighted by molar-refractivity contribution is 8.09. The SMILES string of the molecule is O=C(O)/C=C\C(=O)OC(CSCC1CSCC(CSCC(CSc2ccccc2)OC(=O)/C=C\C(=O)O)S1)CSc1ccccc1. The maximum Gasteiger partial charge on any atom is 0.331 e. The molecule has 2 N–H and O–H groups in total. The molecule has 0 bridgehead atoms. The second-order valence-corrected chi connectivity index (χ2v) is 16.7. The molecule has 248 valence electrons.